The minimum Gasteiger partial charge on any atom is -0.354 e. The van der Waals surface area contributed by atoms with Crippen molar-refractivity contribution in [3.05, 3.63) is 35.9 Å². The molecule has 0 aromatic heterocycles. The normalized spacial score (nSPS) is 16.2. The molecule has 2 N–H and O–H groups in total. The van der Waals surface area contributed by atoms with E-state index < -0.39 is 0 Å². The third-order valence-electron chi connectivity index (χ3n) is 4.22. The highest BCUT2D eigenvalue weighted by Gasteiger charge is 2.21. The van der Waals surface area contributed by atoms with Gasteiger partial charge in [-0.25, -0.2) is 0 Å². The molecule has 0 aliphatic heterocycles. The van der Waals surface area contributed by atoms with E-state index in [1.165, 1.54) is 24.8 Å². The van der Waals surface area contributed by atoms with E-state index in [9.17, 15) is 4.79 Å². The van der Waals surface area contributed by atoms with Gasteiger partial charge in [-0.3, -0.25) is 10.1 Å². The number of aryl methyl sites for hydroxylation is 1. The van der Waals surface area contributed by atoms with Crippen LogP contribution >= 0.6 is 24.6 Å². The summed E-state index contributed by atoms with van der Waals surface area (Å²) < 4.78 is 0. The fourth-order valence-corrected chi connectivity index (χ4v) is 3.16. The lowest BCUT2D eigenvalue weighted by atomic mass is 9.95. The highest BCUT2D eigenvalue weighted by atomic mass is 35.5. The minimum absolute atomic E-state index is 0. The molecule has 0 radical (unpaired) electrons. The van der Waals surface area contributed by atoms with Crippen LogP contribution in [0, 0.1) is 0 Å². The summed E-state index contributed by atoms with van der Waals surface area (Å²) in [6, 6.07) is 10.4. The first-order chi connectivity index (χ1) is 10.8. The van der Waals surface area contributed by atoms with Crippen molar-refractivity contribution in [1.82, 2.24) is 10.6 Å². The van der Waals surface area contributed by atoms with Gasteiger partial charge in [-0.1, -0.05) is 61.8 Å². The number of hydrogen-bond donors (Lipinski definition) is 2. The van der Waals surface area contributed by atoms with Crippen molar-refractivity contribution >= 4 is 35.9 Å². The van der Waals surface area contributed by atoms with Gasteiger partial charge in [0, 0.05) is 18.0 Å². The number of carbonyl (C=O) groups is 1. The fraction of sp³-hybridized carbons (Fsp3) is 0.556. The van der Waals surface area contributed by atoms with E-state index in [1.807, 2.05) is 18.2 Å². The summed E-state index contributed by atoms with van der Waals surface area (Å²) in [5.74, 6) is 0.00800. The number of halogens is 1. The first kappa shape index (κ1) is 20.1. The molecule has 0 bridgehead atoms. The van der Waals surface area contributed by atoms with Gasteiger partial charge < -0.3 is 5.32 Å². The van der Waals surface area contributed by atoms with Gasteiger partial charge in [0.25, 0.3) is 0 Å². The van der Waals surface area contributed by atoms with E-state index in [1.54, 1.807) is 5.37 Å². The van der Waals surface area contributed by atoms with Gasteiger partial charge in [-0.2, -0.15) is 0 Å². The summed E-state index contributed by atoms with van der Waals surface area (Å²) in [5, 5.41) is 7.94. The Kier molecular flexibility index (Phi) is 10.1. The van der Waals surface area contributed by atoms with E-state index in [4.69, 9.17) is 12.2 Å². The average Bonchev–Trinajstić information content (AvgIpc) is 2.58. The molecule has 5 heteroatoms. The number of hydrogen-bond acceptors (Lipinski definition) is 3. The Morgan fingerprint density at radius 1 is 1.22 bits per heavy atom. The maximum atomic E-state index is 12.2. The molecule has 1 aliphatic carbocycles. The van der Waals surface area contributed by atoms with Gasteiger partial charge in [0.15, 0.2) is 0 Å². The topological polar surface area (TPSA) is 41.1 Å². The third kappa shape index (κ3) is 7.42. The molecular formula is C18H27ClN2OS. The molecule has 1 saturated carbocycles. The van der Waals surface area contributed by atoms with Crippen molar-refractivity contribution in [2.45, 2.75) is 57.0 Å². The largest absolute Gasteiger partial charge is 0.354 e. The second kappa shape index (κ2) is 11.5. The molecular weight excluding hydrogens is 328 g/mol. The van der Waals surface area contributed by atoms with Gasteiger partial charge in [0.05, 0.1) is 0 Å². The molecule has 0 heterocycles. The smallest absolute Gasteiger partial charge is 0.241 e. The Morgan fingerprint density at radius 3 is 2.57 bits per heavy atom. The molecule has 128 valence electrons. The van der Waals surface area contributed by atoms with Crippen molar-refractivity contribution < 1.29 is 4.79 Å². The highest BCUT2D eigenvalue weighted by Crippen LogP contribution is 2.17. The number of amides is 1. The van der Waals surface area contributed by atoms with Crippen molar-refractivity contribution in [2.75, 3.05) is 6.54 Å². The van der Waals surface area contributed by atoms with Gasteiger partial charge >= 0.3 is 0 Å². The first-order valence-electron chi connectivity index (χ1n) is 8.32. The Hall–Kier alpha value is -0.970. The number of thiocarbonyl (C=S) groups is 1. The van der Waals surface area contributed by atoms with Crippen LogP contribution in [0.2, 0.25) is 0 Å². The van der Waals surface area contributed by atoms with Crippen LogP contribution in [0.25, 0.3) is 0 Å². The van der Waals surface area contributed by atoms with Crippen molar-refractivity contribution in [3.63, 3.8) is 0 Å². The van der Waals surface area contributed by atoms with E-state index in [0.717, 1.165) is 25.7 Å². The molecule has 1 aromatic rings. The number of nitrogens with one attached hydrogen (secondary N) is 2. The SMILES string of the molecule is Cl.O=C(NCCCc1ccccc1)[C@H](C=S)NC1CCCCC1. The number of rotatable bonds is 8. The van der Waals surface area contributed by atoms with Crippen molar-refractivity contribution in [3.8, 4) is 0 Å². The van der Waals surface area contributed by atoms with Crippen LogP contribution < -0.4 is 10.6 Å². The predicted molar refractivity (Wildman–Crippen MR) is 102 cm³/mol. The maximum Gasteiger partial charge on any atom is 0.241 e. The predicted octanol–water partition coefficient (Wildman–Crippen LogP) is 3.45. The van der Waals surface area contributed by atoms with Crippen LogP contribution in [-0.4, -0.2) is 29.9 Å². The Bertz CT molecular complexity index is 463. The molecule has 2 rings (SSSR count). The minimum atomic E-state index is -0.338. The molecule has 1 aliphatic rings. The van der Waals surface area contributed by atoms with Crippen molar-refractivity contribution in [1.29, 1.82) is 0 Å². The summed E-state index contributed by atoms with van der Waals surface area (Å²) in [4.78, 5) is 12.2. The summed E-state index contributed by atoms with van der Waals surface area (Å²) in [6.45, 7) is 0.694. The molecule has 3 nitrogen and oxygen atoms in total. The lowest BCUT2D eigenvalue weighted by Crippen LogP contribution is -2.49. The molecule has 0 saturated heterocycles. The molecule has 23 heavy (non-hydrogen) atoms. The van der Waals surface area contributed by atoms with E-state index >= 15 is 0 Å². The van der Waals surface area contributed by atoms with Crippen LogP contribution in [0.15, 0.2) is 30.3 Å². The standard InChI is InChI=1S/C18H26N2OS.ClH/c21-18(17(14-22)20-16-11-5-2-6-12-16)19-13-7-10-15-8-3-1-4-9-15;/h1,3-4,8-9,14,16-17,20H,2,5-7,10-13H2,(H,19,21);1H/t17-;/m0./s1. The zero-order chi connectivity index (χ0) is 15.6. The van der Waals surface area contributed by atoms with Gasteiger partial charge in [-0.15, -0.1) is 12.4 Å². The van der Waals surface area contributed by atoms with E-state index in [0.29, 0.717) is 12.6 Å². The van der Waals surface area contributed by atoms with E-state index in [-0.39, 0.29) is 24.4 Å². The third-order valence-corrected chi connectivity index (χ3v) is 4.50. The zero-order valence-electron chi connectivity index (χ0n) is 13.5. The fourth-order valence-electron chi connectivity index (χ4n) is 2.96. The van der Waals surface area contributed by atoms with Gasteiger partial charge in [0.1, 0.15) is 6.04 Å². The Labute approximate surface area is 151 Å². The molecule has 1 aromatic carbocycles. The van der Waals surface area contributed by atoms with Crippen molar-refractivity contribution in [2.24, 2.45) is 0 Å². The Balaban J connectivity index is 0.00000264. The summed E-state index contributed by atoms with van der Waals surface area (Å²) >= 11 is 5.03. The van der Waals surface area contributed by atoms with E-state index in [2.05, 4.69) is 22.8 Å². The zero-order valence-corrected chi connectivity index (χ0v) is 15.1. The summed E-state index contributed by atoms with van der Waals surface area (Å²) in [6.07, 6.45) is 8.05. The second-order valence-electron chi connectivity index (χ2n) is 6.00. The van der Waals surface area contributed by atoms with Crippen LogP contribution in [0.5, 0.6) is 0 Å². The average molecular weight is 355 g/mol. The second-order valence-corrected chi connectivity index (χ2v) is 6.27. The van der Waals surface area contributed by atoms with Gasteiger partial charge in [-0.05, 0) is 31.2 Å². The number of benzene rings is 1. The van der Waals surface area contributed by atoms with Gasteiger partial charge in [0.2, 0.25) is 5.91 Å². The first-order valence-corrected chi connectivity index (χ1v) is 8.79. The Morgan fingerprint density at radius 2 is 1.91 bits per heavy atom. The maximum absolute atomic E-state index is 12.2. The lowest BCUT2D eigenvalue weighted by molar-refractivity contribution is -0.121. The lowest BCUT2D eigenvalue weighted by Gasteiger charge is -2.26. The van der Waals surface area contributed by atoms with Crippen LogP contribution in [0.3, 0.4) is 0 Å². The molecule has 0 unspecified atom stereocenters. The van der Waals surface area contributed by atoms with Crippen LogP contribution in [-0.2, 0) is 11.2 Å². The summed E-state index contributed by atoms with van der Waals surface area (Å²) in [7, 11) is 0. The van der Waals surface area contributed by atoms with Crippen LogP contribution in [0.4, 0.5) is 0 Å². The highest BCUT2D eigenvalue weighted by molar-refractivity contribution is 7.79. The molecule has 1 atom stereocenters. The summed E-state index contributed by atoms with van der Waals surface area (Å²) in [5.41, 5.74) is 1.31. The molecule has 1 fully saturated rings. The number of carbonyl (C=O) groups excluding carboxylic acids is 1. The van der Waals surface area contributed by atoms with Crippen LogP contribution in [0.1, 0.15) is 44.1 Å². The quantitative estimate of drug-likeness (QED) is 0.555. The molecule has 1 amide bonds. The molecule has 0 spiro atoms. The monoisotopic (exact) mass is 354 g/mol.